The van der Waals surface area contributed by atoms with Crippen molar-refractivity contribution in [2.24, 2.45) is 0 Å². The molecule has 0 saturated heterocycles. The molecule has 1 N–H and O–H groups in total. The number of amides is 2. The number of carbonyl (C=O) groups excluding carboxylic acids is 2. The number of nitrogens with one attached hydrogen (secondary N) is 1. The van der Waals surface area contributed by atoms with Gasteiger partial charge in [0.15, 0.2) is 0 Å². The van der Waals surface area contributed by atoms with Crippen LogP contribution in [0.2, 0.25) is 0 Å². The molecule has 0 saturated carbocycles. The summed E-state index contributed by atoms with van der Waals surface area (Å²) in [5, 5.41) is 7.72. The maximum absolute atomic E-state index is 13.0. The van der Waals surface area contributed by atoms with Crippen LogP contribution < -0.4 is 5.32 Å². The lowest BCUT2D eigenvalue weighted by molar-refractivity contribution is -0.139. The Morgan fingerprint density at radius 1 is 1.06 bits per heavy atom. The first kappa shape index (κ1) is 26.2. The Morgan fingerprint density at radius 2 is 1.74 bits per heavy atom. The third-order valence-corrected chi connectivity index (χ3v) is 5.54. The predicted molar refractivity (Wildman–Crippen MR) is 139 cm³/mol. The molecule has 7 nitrogen and oxygen atoms in total. The van der Waals surface area contributed by atoms with Gasteiger partial charge in [0.25, 0.3) is 0 Å². The van der Waals surface area contributed by atoms with Gasteiger partial charge in [0.2, 0.25) is 11.8 Å². The number of hydrogen-bond donors (Lipinski definition) is 1. The summed E-state index contributed by atoms with van der Waals surface area (Å²) in [5.74, 6) is 0.0944. The van der Waals surface area contributed by atoms with E-state index < -0.39 is 0 Å². The van der Waals surface area contributed by atoms with Gasteiger partial charge in [0.05, 0.1) is 24.5 Å². The summed E-state index contributed by atoms with van der Waals surface area (Å²) >= 11 is 0. The van der Waals surface area contributed by atoms with Crippen molar-refractivity contribution >= 4 is 17.6 Å². The van der Waals surface area contributed by atoms with Gasteiger partial charge in [-0.1, -0.05) is 75.7 Å². The first-order valence-electron chi connectivity index (χ1n) is 12.0. The molecule has 2 amide bonds. The molecular formula is C28H36N4O3. The van der Waals surface area contributed by atoms with E-state index in [4.69, 9.17) is 9.84 Å². The molecule has 186 valence electrons. The first-order valence-corrected chi connectivity index (χ1v) is 12.0. The van der Waals surface area contributed by atoms with Crippen LogP contribution in [0.3, 0.4) is 0 Å². The standard InChI is InChI=1S/C28H36N4O3/c1-6-16-31(27(34)20-35-19-22-10-8-7-9-11-22)18-26(33)29-25-17-24(28(3,4)5)30-32(25)23-14-12-21(2)13-15-23/h7-15,17H,6,16,18-20H2,1-5H3,(H,29,33). The van der Waals surface area contributed by atoms with Crippen molar-refractivity contribution in [1.82, 2.24) is 14.7 Å². The van der Waals surface area contributed by atoms with Crippen LogP contribution in [0.1, 0.15) is 50.9 Å². The van der Waals surface area contributed by atoms with Crippen molar-refractivity contribution < 1.29 is 14.3 Å². The Labute approximate surface area is 208 Å². The largest absolute Gasteiger partial charge is 0.367 e. The second kappa shape index (κ2) is 11.8. The second-order valence-corrected chi connectivity index (χ2v) is 9.75. The molecule has 0 fully saturated rings. The van der Waals surface area contributed by atoms with Gasteiger partial charge in [0.1, 0.15) is 12.4 Å². The van der Waals surface area contributed by atoms with Crippen molar-refractivity contribution in [2.45, 2.75) is 53.1 Å². The van der Waals surface area contributed by atoms with E-state index in [2.05, 4.69) is 26.1 Å². The summed E-state index contributed by atoms with van der Waals surface area (Å²) in [5.41, 5.74) is 3.68. The van der Waals surface area contributed by atoms with E-state index in [0.717, 1.165) is 28.9 Å². The van der Waals surface area contributed by atoms with Crippen LogP contribution in [-0.4, -0.2) is 46.2 Å². The molecule has 35 heavy (non-hydrogen) atoms. The van der Waals surface area contributed by atoms with E-state index in [1.807, 2.05) is 74.5 Å². The fraction of sp³-hybridized carbons (Fsp3) is 0.393. The van der Waals surface area contributed by atoms with Gasteiger partial charge in [0, 0.05) is 18.0 Å². The molecule has 0 spiro atoms. The molecule has 0 bridgehead atoms. The zero-order chi connectivity index (χ0) is 25.4. The summed E-state index contributed by atoms with van der Waals surface area (Å²) in [7, 11) is 0. The third-order valence-electron chi connectivity index (χ3n) is 5.54. The number of benzene rings is 2. The highest BCUT2D eigenvalue weighted by molar-refractivity contribution is 5.94. The van der Waals surface area contributed by atoms with Crippen molar-refractivity contribution in [3.05, 3.63) is 77.5 Å². The van der Waals surface area contributed by atoms with Crippen LogP contribution in [0.15, 0.2) is 60.7 Å². The lowest BCUT2D eigenvalue weighted by Crippen LogP contribution is -2.40. The zero-order valence-electron chi connectivity index (χ0n) is 21.4. The van der Waals surface area contributed by atoms with E-state index >= 15 is 0 Å². The quantitative estimate of drug-likeness (QED) is 0.453. The molecule has 0 aliphatic rings. The molecule has 0 aliphatic heterocycles. The fourth-order valence-corrected chi connectivity index (χ4v) is 3.56. The first-order chi connectivity index (χ1) is 16.7. The molecule has 0 unspecified atom stereocenters. The minimum absolute atomic E-state index is 0.0503. The number of nitrogens with zero attached hydrogens (tertiary/aromatic N) is 3. The van der Waals surface area contributed by atoms with E-state index in [1.165, 1.54) is 4.90 Å². The van der Waals surface area contributed by atoms with E-state index in [0.29, 0.717) is 19.0 Å². The number of hydrogen-bond acceptors (Lipinski definition) is 4. The van der Waals surface area contributed by atoms with Crippen molar-refractivity contribution in [3.63, 3.8) is 0 Å². The predicted octanol–water partition coefficient (Wildman–Crippen LogP) is 4.87. The molecule has 0 atom stereocenters. The van der Waals surface area contributed by atoms with Gasteiger partial charge in [-0.2, -0.15) is 5.10 Å². The van der Waals surface area contributed by atoms with Gasteiger partial charge in [-0.25, -0.2) is 4.68 Å². The summed E-state index contributed by atoms with van der Waals surface area (Å²) in [6.07, 6.45) is 0.743. The summed E-state index contributed by atoms with van der Waals surface area (Å²) < 4.78 is 7.34. The molecule has 1 aromatic heterocycles. The van der Waals surface area contributed by atoms with Crippen LogP contribution in [0.5, 0.6) is 0 Å². The molecule has 1 heterocycles. The average Bonchev–Trinajstić information content (AvgIpc) is 3.24. The molecule has 7 heteroatoms. The van der Waals surface area contributed by atoms with Crippen molar-refractivity contribution in [2.75, 3.05) is 25.0 Å². The van der Waals surface area contributed by atoms with E-state index in [9.17, 15) is 9.59 Å². The van der Waals surface area contributed by atoms with Gasteiger partial charge in [-0.3, -0.25) is 9.59 Å². The molecule has 3 aromatic rings. The van der Waals surface area contributed by atoms with Crippen LogP contribution in [0.25, 0.3) is 5.69 Å². The topological polar surface area (TPSA) is 76.5 Å². The second-order valence-electron chi connectivity index (χ2n) is 9.75. The van der Waals surface area contributed by atoms with Gasteiger partial charge in [-0.05, 0) is 31.0 Å². The maximum atomic E-state index is 13.0. The molecule has 3 rings (SSSR count). The van der Waals surface area contributed by atoms with Crippen LogP contribution in [-0.2, 0) is 26.3 Å². The van der Waals surface area contributed by atoms with Gasteiger partial charge in [-0.15, -0.1) is 0 Å². The molecular weight excluding hydrogens is 440 g/mol. The molecule has 0 radical (unpaired) electrons. The maximum Gasteiger partial charge on any atom is 0.249 e. The third kappa shape index (κ3) is 7.52. The molecule has 0 aliphatic carbocycles. The van der Waals surface area contributed by atoms with Crippen molar-refractivity contribution in [1.29, 1.82) is 0 Å². The lowest BCUT2D eigenvalue weighted by atomic mass is 9.92. The smallest absolute Gasteiger partial charge is 0.249 e. The number of anilines is 1. The lowest BCUT2D eigenvalue weighted by Gasteiger charge is -2.21. The van der Waals surface area contributed by atoms with Gasteiger partial charge >= 0.3 is 0 Å². The number of ether oxygens (including phenoxy) is 1. The Bertz CT molecular complexity index is 1120. The van der Waals surface area contributed by atoms with Crippen LogP contribution >= 0.6 is 0 Å². The average molecular weight is 477 g/mol. The Kier molecular flexibility index (Phi) is 8.82. The highest BCUT2D eigenvalue weighted by atomic mass is 16.5. The SMILES string of the molecule is CCCN(CC(=O)Nc1cc(C(C)(C)C)nn1-c1ccc(C)cc1)C(=O)COCc1ccccc1. The van der Waals surface area contributed by atoms with Crippen LogP contribution in [0, 0.1) is 6.92 Å². The van der Waals surface area contributed by atoms with Crippen molar-refractivity contribution in [3.8, 4) is 5.69 Å². The number of carbonyl (C=O) groups is 2. The molecule has 2 aromatic carbocycles. The highest BCUT2D eigenvalue weighted by Gasteiger charge is 2.23. The Balaban J connectivity index is 1.69. The summed E-state index contributed by atoms with van der Waals surface area (Å²) in [6.45, 7) is 11.0. The van der Waals surface area contributed by atoms with Crippen LogP contribution in [0.4, 0.5) is 5.82 Å². The highest BCUT2D eigenvalue weighted by Crippen LogP contribution is 2.26. The summed E-state index contributed by atoms with van der Waals surface area (Å²) in [4.78, 5) is 27.3. The van der Waals surface area contributed by atoms with E-state index in [-0.39, 0.29) is 30.4 Å². The fourth-order valence-electron chi connectivity index (χ4n) is 3.56. The Morgan fingerprint density at radius 3 is 2.37 bits per heavy atom. The van der Waals surface area contributed by atoms with Gasteiger partial charge < -0.3 is 15.0 Å². The minimum atomic E-state index is -0.274. The number of aromatic nitrogens is 2. The number of aryl methyl sites for hydroxylation is 1. The van der Waals surface area contributed by atoms with E-state index in [1.54, 1.807) is 4.68 Å². The minimum Gasteiger partial charge on any atom is -0.367 e. The number of rotatable bonds is 10. The zero-order valence-corrected chi connectivity index (χ0v) is 21.4. The monoisotopic (exact) mass is 476 g/mol. The summed E-state index contributed by atoms with van der Waals surface area (Å²) in [6, 6.07) is 19.6. The normalized spacial score (nSPS) is 11.3. The Hall–Kier alpha value is -3.45.